The minimum Gasteiger partial charge on any atom is -0.358 e. The predicted molar refractivity (Wildman–Crippen MR) is 64.3 cm³/mol. The van der Waals surface area contributed by atoms with E-state index < -0.39 is 0 Å². The summed E-state index contributed by atoms with van der Waals surface area (Å²) >= 11 is 1.51. The fourth-order valence-electron chi connectivity index (χ4n) is 2.15. The van der Waals surface area contributed by atoms with Gasteiger partial charge in [0.2, 0.25) is 5.13 Å². The topological polar surface area (TPSA) is 37.8 Å². The first kappa shape index (κ1) is 10.9. The monoisotopic (exact) mass is 225 g/mol. The summed E-state index contributed by atoms with van der Waals surface area (Å²) in [5.74, 6) is 1.86. The molecule has 0 amide bonds. The van der Waals surface area contributed by atoms with E-state index >= 15 is 0 Å². The molecule has 2 unspecified atom stereocenters. The zero-order valence-corrected chi connectivity index (χ0v) is 10.3. The maximum absolute atomic E-state index is 4.48. The van der Waals surface area contributed by atoms with Gasteiger partial charge in [-0.25, -0.2) is 4.98 Å². The molecule has 1 aromatic rings. The molecule has 0 aliphatic heterocycles. The fraction of sp³-hybridized carbons (Fsp3) is 0.818. The number of hydrogen-bond acceptors (Lipinski definition) is 4. The van der Waals surface area contributed by atoms with Gasteiger partial charge >= 0.3 is 0 Å². The SMILES string of the molecule is CCCc1nsc(NC2CCC(C)C2)n1. The van der Waals surface area contributed by atoms with Gasteiger partial charge in [0, 0.05) is 24.0 Å². The Morgan fingerprint density at radius 2 is 2.33 bits per heavy atom. The van der Waals surface area contributed by atoms with Crippen molar-refractivity contribution < 1.29 is 0 Å². The molecule has 0 saturated heterocycles. The van der Waals surface area contributed by atoms with Crippen molar-refractivity contribution in [2.24, 2.45) is 5.92 Å². The average molecular weight is 225 g/mol. The zero-order valence-electron chi connectivity index (χ0n) is 9.49. The van der Waals surface area contributed by atoms with Crippen molar-refractivity contribution in [2.45, 2.75) is 52.0 Å². The highest BCUT2D eigenvalue weighted by molar-refractivity contribution is 7.09. The second-order valence-corrected chi connectivity index (χ2v) is 5.28. The zero-order chi connectivity index (χ0) is 10.7. The summed E-state index contributed by atoms with van der Waals surface area (Å²) in [6.07, 6.45) is 6.03. The number of hydrogen-bond donors (Lipinski definition) is 1. The van der Waals surface area contributed by atoms with Crippen molar-refractivity contribution in [1.82, 2.24) is 9.36 Å². The normalized spacial score (nSPS) is 25.7. The molecule has 3 nitrogen and oxygen atoms in total. The molecule has 84 valence electrons. The van der Waals surface area contributed by atoms with E-state index in [0.717, 1.165) is 29.7 Å². The first-order chi connectivity index (χ1) is 7.28. The Morgan fingerprint density at radius 1 is 1.47 bits per heavy atom. The van der Waals surface area contributed by atoms with Gasteiger partial charge in [0.05, 0.1) is 0 Å². The lowest BCUT2D eigenvalue weighted by Gasteiger charge is -2.09. The third kappa shape index (κ3) is 2.91. The van der Waals surface area contributed by atoms with Gasteiger partial charge < -0.3 is 5.32 Å². The molecule has 0 bridgehead atoms. The second-order valence-electron chi connectivity index (χ2n) is 4.53. The molecular formula is C11H19N3S. The molecule has 1 aliphatic rings. The first-order valence-electron chi connectivity index (χ1n) is 5.87. The Morgan fingerprint density at radius 3 is 3.00 bits per heavy atom. The van der Waals surface area contributed by atoms with Crippen LogP contribution in [0.25, 0.3) is 0 Å². The summed E-state index contributed by atoms with van der Waals surface area (Å²) in [6.45, 7) is 4.48. The van der Waals surface area contributed by atoms with E-state index in [-0.39, 0.29) is 0 Å². The molecule has 1 saturated carbocycles. The molecule has 0 radical (unpaired) electrons. The van der Waals surface area contributed by atoms with E-state index in [2.05, 4.69) is 28.5 Å². The summed E-state index contributed by atoms with van der Waals surface area (Å²) in [5, 5.41) is 4.51. The van der Waals surface area contributed by atoms with Gasteiger partial charge in [-0.2, -0.15) is 4.37 Å². The van der Waals surface area contributed by atoms with Crippen LogP contribution >= 0.6 is 11.5 Å². The molecule has 1 heterocycles. The van der Waals surface area contributed by atoms with Gasteiger partial charge in [0.15, 0.2) is 0 Å². The van der Waals surface area contributed by atoms with Crippen LogP contribution in [-0.2, 0) is 6.42 Å². The summed E-state index contributed by atoms with van der Waals surface area (Å²) in [6, 6.07) is 0.627. The molecule has 15 heavy (non-hydrogen) atoms. The Hall–Kier alpha value is -0.640. The van der Waals surface area contributed by atoms with E-state index in [4.69, 9.17) is 0 Å². The van der Waals surface area contributed by atoms with Crippen molar-refractivity contribution in [3.05, 3.63) is 5.82 Å². The number of nitrogens with zero attached hydrogens (tertiary/aromatic N) is 2. The van der Waals surface area contributed by atoms with Gasteiger partial charge in [0.25, 0.3) is 0 Å². The third-order valence-corrected chi connectivity index (χ3v) is 3.65. The molecular weight excluding hydrogens is 206 g/mol. The van der Waals surface area contributed by atoms with Crippen LogP contribution < -0.4 is 5.32 Å². The summed E-state index contributed by atoms with van der Waals surface area (Å²) in [7, 11) is 0. The minimum atomic E-state index is 0.627. The number of aromatic nitrogens is 2. The molecule has 2 atom stereocenters. The fourth-order valence-corrected chi connectivity index (χ4v) is 2.84. The molecule has 0 spiro atoms. The molecule has 1 fully saturated rings. The Bertz CT molecular complexity index is 311. The number of rotatable bonds is 4. The Kier molecular flexibility index (Phi) is 3.57. The Labute approximate surface area is 95.5 Å². The van der Waals surface area contributed by atoms with Crippen LogP contribution in [0.1, 0.15) is 45.4 Å². The summed E-state index contributed by atoms with van der Waals surface area (Å²) in [5.41, 5.74) is 0. The van der Waals surface area contributed by atoms with Crippen LogP contribution in [0.3, 0.4) is 0 Å². The summed E-state index contributed by atoms with van der Waals surface area (Å²) in [4.78, 5) is 4.48. The number of anilines is 1. The van der Waals surface area contributed by atoms with Crippen molar-refractivity contribution in [2.75, 3.05) is 5.32 Å². The molecule has 1 N–H and O–H groups in total. The third-order valence-electron chi connectivity index (χ3n) is 2.96. The van der Waals surface area contributed by atoms with Crippen LogP contribution in [0.5, 0.6) is 0 Å². The summed E-state index contributed by atoms with van der Waals surface area (Å²) < 4.78 is 4.34. The highest BCUT2D eigenvalue weighted by atomic mass is 32.1. The average Bonchev–Trinajstić information content (AvgIpc) is 2.78. The van der Waals surface area contributed by atoms with Gasteiger partial charge in [-0.15, -0.1) is 0 Å². The highest BCUT2D eigenvalue weighted by Gasteiger charge is 2.21. The molecule has 0 aromatic carbocycles. The van der Waals surface area contributed by atoms with Gasteiger partial charge in [-0.3, -0.25) is 0 Å². The predicted octanol–water partition coefficient (Wildman–Crippen LogP) is 3.09. The van der Waals surface area contributed by atoms with Crippen molar-refractivity contribution in [1.29, 1.82) is 0 Å². The van der Waals surface area contributed by atoms with Gasteiger partial charge in [-0.05, 0) is 31.6 Å². The number of nitrogens with one attached hydrogen (secondary N) is 1. The standard InChI is InChI=1S/C11H19N3S/c1-3-4-10-13-11(15-14-10)12-9-6-5-8(2)7-9/h8-9H,3-7H2,1-2H3,(H,12,13,14). The molecule has 1 aliphatic carbocycles. The smallest absolute Gasteiger partial charge is 0.202 e. The lowest BCUT2D eigenvalue weighted by atomic mass is 10.1. The molecule has 1 aromatic heterocycles. The van der Waals surface area contributed by atoms with E-state index in [0.29, 0.717) is 6.04 Å². The lowest BCUT2D eigenvalue weighted by Crippen LogP contribution is -2.14. The highest BCUT2D eigenvalue weighted by Crippen LogP contribution is 2.27. The maximum Gasteiger partial charge on any atom is 0.202 e. The molecule has 4 heteroatoms. The van der Waals surface area contributed by atoms with Crippen LogP contribution in [-0.4, -0.2) is 15.4 Å². The van der Waals surface area contributed by atoms with Crippen molar-refractivity contribution in [3.63, 3.8) is 0 Å². The maximum atomic E-state index is 4.48. The number of aryl methyl sites for hydroxylation is 1. The minimum absolute atomic E-state index is 0.627. The van der Waals surface area contributed by atoms with E-state index in [1.807, 2.05) is 0 Å². The first-order valence-corrected chi connectivity index (χ1v) is 6.64. The second kappa shape index (κ2) is 4.92. The van der Waals surface area contributed by atoms with E-state index in [1.165, 1.54) is 30.8 Å². The van der Waals surface area contributed by atoms with Crippen LogP contribution in [0.2, 0.25) is 0 Å². The molecule has 2 rings (SSSR count). The van der Waals surface area contributed by atoms with E-state index in [9.17, 15) is 0 Å². The van der Waals surface area contributed by atoms with E-state index in [1.54, 1.807) is 0 Å². The lowest BCUT2D eigenvalue weighted by molar-refractivity contribution is 0.602. The van der Waals surface area contributed by atoms with Crippen molar-refractivity contribution >= 4 is 16.7 Å². The quantitative estimate of drug-likeness (QED) is 0.855. The van der Waals surface area contributed by atoms with Crippen LogP contribution in [0.4, 0.5) is 5.13 Å². The largest absolute Gasteiger partial charge is 0.358 e. The van der Waals surface area contributed by atoms with Crippen molar-refractivity contribution in [3.8, 4) is 0 Å². The van der Waals surface area contributed by atoms with Gasteiger partial charge in [0.1, 0.15) is 5.82 Å². The van der Waals surface area contributed by atoms with Crippen LogP contribution in [0.15, 0.2) is 0 Å². The van der Waals surface area contributed by atoms with Crippen LogP contribution in [0, 0.1) is 5.92 Å². The Balaban J connectivity index is 1.87. The van der Waals surface area contributed by atoms with Gasteiger partial charge in [-0.1, -0.05) is 13.8 Å².